The minimum absolute atomic E-state index is 0.00116. The van der Waals surface area contributed by atoms with Gasteiger partial charge in [0.1, 0.15) is 11.6 Å². The van der Waals surface area contributed by atoms with Crippen LogP contribution in [0.2, 0.25) is 0 Å². The lowest BCUT2D eigenvalue weighted by Crippen LogP contribution is -2.31. The van der Waals surface area contributed by atoms with E-state index in [2.05, 4.69) is 0 Å². The van der Waals surface area contributed by atoms with E-state index in [1.54, 1.807) is 30.3 Å². The van der Waals surface area contributed by atoms with Gasteiger partial charge in [-0.2, -0.15) is 0 Å². The lowest BCUT2D eigenvalue weighted by Gasteiger charge is -2.26. The third-order valence-corrected chi connectivity index (χ3v) is 6.74. The zero-order valence-corrected chi connectivity index (χ0v) is 17.1. The zero-order chi connectivity index (χ0) is 21.1. The summed E-state index contributed by atoms with van der Waals surface area (Å²) in [5.41, 5.74) is 0.753. The lowest BCUT2D eigenvalue weighted by molar-refractivity contribution is 0.419. The van der Waals surface area contributed by atoms with E-state index in [1.807, 2.05) is 36.4 Å². The van der Waals surface area contributed by atoms with Gasteiger partial charge in [0.25, 0.3) is 10.0 Å². The van der Waals surface area contributed by atoms with Gasteiger partial charge in [-0.15, -0.1) is 0 Å². The molecule has 0 aliphatic carbocycles. The molecule has 0 saturated carbocycles. The fraction of sp³-hybridized carbons (Fsp3) is 0.0833. The molecule has 0 aromatic heterocycles. The van der Waals surface area contributed by atoms with Crippen LogP contribution in [0.5, 0.6) is 5.75 Å². The van der Waals surface area contributed by atoms with Crippen LogP contribution in [-0.2, 0) is 16.6 Å². The topological polar surface area (TPSA) is 46.6 Å². The predicted octanol–water partition coefficient (Wildman–Crippen LogP) is 5.38. The average molecular weight is 421 g/mol. The molecule has 0 spiro atoms. The third kappa shape index (κ3) is 3.62. The maximum absolute atomic E-state index is 14.7. The second-order valence-electron chi connectivity index (χ2n) is 6.76. The molecule has 30 heavy (non-hydrogen) atoms. The van der Waals surface area contributed by atoms with E-state index < -0.39 is 15.8 Å². The molecule has 6 heteroatoms. The highest BCUT2D eigenvalue weighted by atomic mass is 32.2. The van der Waals surface area contributed by atoms with E-state index in [0.717, 1.165) is 9.87 Å². The van der Waals surface area contributed by atoms with Gasteiger partial charge in [0, 0.05) is 10.8 Å². The summed E-state index contributed by atoms with van der Waals surface area (Å²) in [4.78, 5) is 0.0954. The van der Waals surface area contributed by atoms with Gasteiger partial charge in [-0.3, -0.25) is 4.31 Å². The Morgan fingerprint density at radius 1 is 0.800 bits per heavy atom. The lowest BCUT2D eigenvalue weighted by atomic mass is 10.1. The minimum Gasteiger partial charge on any atom is -0.496 e. The molecular weight excluding hydrogens is 401 g/mol. The van der Waals surface area contributed by atoms with Gasteiger partial charge in [0.2, 0.25) is 0 Å². The number of hydrogen-bond donors (Lipinski definition) is 0. The third-order valence-electron chi connectivity index (χ3n) is 4.92. The van der Waals surface area contributed by atoms with Crippen molar-refractivity contribution < 1.29 is 17.5 Å². The van der Waals surface area contributed by atoms with E-state index in [4.69, 9.17) is 4.74 Å². The predicted molar refractivity (Wildman–Crippen MR) is 117 cm³/mol. The summed E-state index contributed by atoms with van der Waals surface area (Å²) in [7, 11) is -2.55. The van der Waals surface area contributed by atoms with Crippen molar-refractivity contribution in [2.45, 2.75) is 11.4 Å². The molecule has 0 atom stereocenters. The Hall–Kier alpha value is -3.38. The minimum atomic E-state index is -4.09. The highest BCUT2D eigenvalue weighted by Gasteiger charge is 2.29. The first-order chi connectivity index (χ1) is 14.5. The maximum Gasteiger partial charge on any atom is 0.265 e. The number of hydrogen-bond acceptors (Lipinski definition) is 3. The summed E-state index contributed by atoms with van der Waals surface area (Å²) in [6, 6.07) is 25.3. The standard InChI is InChI=1S/C24H20FNO3S/c1-29-23-15-16-24(20-12-6-5-11-19(20)23)30(27,28)26(17-18-9-3-2-4-10-18)22-14-8-7-13-21(22)25/h2-16H,17H2,1H3. The Balaban J connectivity index is 1.93. The highest BCUT2D eigenvalue weighted by molar-refractivity contribution is 7.93. The largest absolute Gasteiger partial charge is 0.496 e. The van der Waals surface area contributed by atoms with Crippen LogP contribution in [-0.4, -0.2) is 15.5 Å². The molecule has 152 valence electrons. The first kappa shape index (κ1) is 19.9. The van der Waals surface area contributed by atoms with E-state index >= 15 is 0 Å². The van der Waals surface area contributed by atoms with Crippen LogP contribution in [0.3, 0.4) is 0 Å². The van der Waals surface area contributed by atoms with Crippen LogP contribution in [0, 0.1) is 5.82 Å². The molecule has 0 unspecified atom stereocenters. The molecule has 0 radical (unpaired) electrons. The average Bonchev–Trinajstić information content (AvgIpc) is 2.78. The van der Waals surface area contributed by atoms with Gasteiger partial charge in [-0.05, 0) is 29.8 Å². The first-order valence-electron chi connectivity index (χ1n) is 9.39. The summed E-state index contributed by atoms with van der Waals surface area (Å²) in [6.45, 7) is 0.00443. The molecule has 0 amide bonds. The van der Waals surface area contributed by atoms with E-state index in [9.17, 15) is 12.8 Å². The number of rotatable bonds is 6. The van der Waals surface area contributed by atoms with Crippen molar-refractivity contribution in [1.82, 2.24) is 0 Å². The summed E-state index contributed by atoms with van der Waals surface area (Å²) >= 11 is 0. The molecule has 0 aliphatic heterocycles. The summed E-state index contributed by atoms with van der Waals surface area (Å²) in [5.74, 6) is -0.0279. The summed E-state index contributed by atoms with van der Waals surface area (Å²) in [5, 5.41) is 1.19. The normalized spacial score (nSPS) is 11.4. The molecular formula is C24H20FNO3S. The fourth-order valence-corrected chi connectivity index (χ4v) is 5.13. The Morgan fingerprint density at radius 2 is 1.43 bits per heavy atom. The van der Waals surface area contributed by atoms with Crippen molar-refractivity contribution in [3.05, 3.63) is 102 Å². The molecule has 0 bridgehead atoms. The van der Waals surface area contributed by atoms with Crippen LogP contribution in [0.25, 0.3) is 10.8 Å². The van der Waals surface area contributed by atoms with Crippen molar-refractivity contribution >= 4 is 26.5 Å². The smallest absolute Gasteiger partial charge is 0.265 e. The van der Waals surface area contributed by atoms with E-state index in [0.29, 0.717) is 16.5 Å². The SMILES string of the molecule is COc1ccc(S(=O)(=O)N(Cc2ccccc2)c2ccccc2F)c2ccccc12. The van der Waals surface area contributed by atoms with Crippen LogP contribution in [0.15, 0.2) is 95.9 Å². The summed E-state index contributed by atoms with van der Waals surface area (Å²) in [6.07, 6.45) is 0. The monoisotopic (exact) mass is 421 g/mol. The number of anilines is 1. The van der Waals surface area contributed by atoms with Crippen molar-refractivity contribution in [3.8, 4) is 5.75 Å². The van der Waals surface area contributed by atoms with Crippen LogP contribution in [0.4, 0.5) is 10.1 Å². The fourth-order valence-electron chi connectivity index (χ4n) is 3.47. The van der Waals surface area contributed by atoms with Crippen molar-refractivity contribution in [1.29, 1.82) is 0 Å². The van der Waals surface area contributed by atoms with Gasteiger partial charge in [-0.1, -0.05) is 66.7 Å². The quantitative estimate of drug-likeness (QED) is 0.420. The van der Waals surface area contributed by atoms with Gasteiger partial charge in [0.15, 0.2) is 0 Å². The Bertz CT molecular complexity index is 1290. The second kappa shape index (κ2) is 8.16. The molecule has 4 aromatic rings. The molecule has 4 aromatic carbocycles. The van der Waals surface area contributed by atoms with E-state index in [1.165, 1.54) is 31.4 Å². The van der Waals surface area contributed by atoms with Crippen LogP contribution >= 0.6 is 0 Å². The second-order valence-corrected chi connectivity index (χ2v) is 8.59. The summed E-state index contributed by atoms with van der Waals surface area (Å²) < 4.78 is 48.8. The number of para-hydroxylation sites is 1. The highest BCUT2D eigenvalue weighted by Crippen LogP contribution is 2.35. The van der Waals surface area contributed by atoms with Crippen LogP contribution in [0.1, 0.15) is 5.56 Å². The van der Waals surface area contributed by atoms with E-state index in [-0.39, 0.29) is 17.1 Å². The maximum atomic E-state index is 14.7. The number of sulfonamides is 1. The van der Waals surface area contributed by atoms with Gasteiger partial charge < -0.3 is 4.74 Å². The molecule has 0 aliphatic rings. The Kier molecular flexibility index (Phi) is 5.42. The van der Waals surface area contributed by atoms with Gasteiger partial charge in [0.05, 0.1) is 24.2 Å². The Morgan fingerprint density at radius 3 is 2.13 bits per heavy atom. The van der Waals surface area contributed by atoms with Crippen LogP contribution < -0.4 is 9.04 Å². The zero-order valence-electron chi connectivity index (χ0n) is 16.3. The number of benzene rings is 4. The molecule has 0 N–H and O–H groups in total. The molecule has 0 saturated heterocycles. The molecule has 0 heterocycles. The van der Waals surface area contributed by atoms with Gasteiger partial charge >= 0.3 is 0 Å². The molecule has 0 fully saturated rings. The number of ether oxygens (including phenoxy) is 1. The van der Waals surface area contributed by atoms with Crippen molar-refractivity contribution in [2.75, 3.05) is 11.4 Å². The van der Waals surface area contributed by atoms with Crippen molar-refractivity contribution in [2.24, 2.45) is 0 Å². The van der Waals surface area contributed by atoms with Gasteiger partial charge in [-0.25, -0.2) is 12.8 Å². The number of fused-ring (bicyclic) bond motifs is 1. The van der Waals surface area contributed by atoms with Crippen molar-refractivity contribution in [3.63, 3.8) is 0 Å². The Labute approximate surface area is 175 Å². The molecule has 4 rings (SSSR count). The first-order valence-corrected chi connectivity index (χ1v) is 10.8. The molecule has 4 nitrogen and oxygen atoms in total. The number of nitrogens with zero attached hydrogens (tertiary/aromatic N) is 1. The number of halogens is 1. The number of methoxy groups -OCH3 is 1.